The molecule has 0 aliphatic heterocycles. The van der Waals surface area contributed by atoms with Crippen LogP contribution in [0.4, 0.5) is 0 Å². The average molecular weight is 295 g/mol. The molecule has 1 heteroatoms. The average Bonchev–Trinajstić information content (AvgIpc) is 2.63. The van der Waals surface area contributed by atoms with Crippen molar-refractivity contribution in [3.63, 3.8) is 0 Å². The van der Waals surface area contributed by atoms with Gasteiger partial charge in [0.2, 0.25) is 0 Å². The first kappa shape index (κ1) is 17.3. The highest BCUT2D eigenvalue weighted by Gasteiger charge is 2.52. The van der Waals surface area contributed by atoms with Crippen LogP contribution < -0.4 is 0 Å². The summed E-state index contributed by atoms with van der Waals surface area (Å²) in [6.45, 7) is 12.0. The van der Waals surface area contributed by atoms with E-state index in [0.717, 1.165) is 5.92 Å². The molecule has 2 saturated carbocycles. The molecule has 0 aromatic carbocycles. The zero-order chi connectivity index (χ0) is 15.6. The van der Waals surface area contributed by atoms with E-state index in [4.69, 9.17) is 0 Å². The molecule has 0 radical (unpaired) electrons. The van der Waals surface area contributed by atoms with Crippen molar-refractivity contribution in [1.29, 1.82) is 0 Å². The van der Waals surface area contributed by atoms with E-state index in [-0.39, 0.29) is 6.10 Å². The third-order valence-corrected chi connectivity index (χ3v) is 7.85. The van der Waals surface area contributed by atoms with Gasteiger partial charge in [-0.3, -0.25) is 0 Å². The van der Waals surface area contributed by atoms with Gasteiger partial charge in [0.05, 0.1) is 6.10 Å². The first-order valence-electron chi connectivity index (χ1n) is 9.58. The van der Waals surface area contributed by atoms with Crippen molar-refractivity contribution in [2.24, 2.45) is 35.0 Å². The van der Waals surface area contributed by atoms with E-state index in [1.165, 1.54) is 51.4 Å². The van der Waals surface area contributed by atoms with E-state index in [1.54, 1.807) is 0 Å². The van der Waals surface area contributed by atoms with Crippen LogP contribution >= 0.6 is 0 Å². The predicted molar refractivity (Wildman–Crippen MR) is 91.2 cm³/mol. The Kier molecular flexibility index (Phi) is 5.79. The third-order valence-electron chi connectivity index (χ3n) is 7.85. The SMILES string of the molecule is CC1C(O)C(C)C(C)C(C)(C2CCCCCCCC2)C1C. The summed E-state index contributed by atoms with van der Waals surface area (Å²) in [6, 6.07) is 0. The molecule has 0 saturated heterocycles. The van der Waals surface area contributed by atoms with Crippen molar-refractivity contribution in [3.05, 3.63) is 0 Å². The fourth-order valence-corrected chi connectivity index (χ4v) is 5.62. The fraction of sp³-hybridized carbons (Fsp3) is 1.00. The highest BCUT2D eigenvalue weighted by molar-refractivity contribution is 5.01. The first-order chi connectivity index (χ1) is 9.90. The van der Waals surface area contributed by atoms with Crippen LogP contribution in [-0.4, -0.2) is 11.2 Å². The zero-order valence-electron chi connectivity index (χ0n) is 15.1. The van der Waals surface area contributed by atoms with Crippen LogP contribution in [0.15, 0.2) is 0 Å². The third kappa shape index (κ3) is 3.19. The highest BCUT2D eigenvalue weighted by atomic mass is 16.3. The van der Waals surface area contributed by atoms with E-state index in [2.05, 4.69) is 34.6 Å². The normalized spacial score (nSPS) is 47.4. The topological polar surface area (TPSA) is 20.2 Å². The molecule has 0 amide bonds. The van der Waals surface area contributed by atoms with Crippen LogP contribution in [0.25, 0.3) is 0 Å². The van der Waals surface area contributed by atoms with Crippen molar-refractivity contribution in [2.75, 3.05) is 0 Å². The van der Waals surface area contributed by atoms with Gasteiger partial charge in [0.15, 0.2) is 0 Å². The van der Waals surface area contributed by atoms with Gasteiger partial charge >= 0.3 is 0 Å². The minimum atomic E-state index is -0.112. The lowest BCUT2D eigenvalue weighted by molar-refractivity contribution is -0.131. The van der Waals surface area contributed by atoms with Gasteiger partial charge in [0.25, 0.3) is 0 Å². The molecule has 21 heavy (non-hydrogen) atoms. The number of hydrogen-bond acceptors (Lipinski definition) is 1. The van der Waals surface area contributed by atoms with Crippen molar-refractivity contribution >= 4 is 0 Å². The Labute approximate surface area is 132 Å². The molecule has 1 nitrogen and oxygen atoms in total. The summed E-state index contributed by atoms with van der Waals surface area (Å²) < 4.78 is 0. The number of hydrogen-bond donors (Lipinski definition) is 1. The summed E-state index contributed by atoms with van der Waals surface area (Å²) >= 11 is 0. The predicted octanol–water partition coefficient (Wildman–Crippen LogP) is 5.66. The Morgan fingerprint density at radius 3 is 1.52 bits per heavy atom. The molecular formula is C20H38O. The maximum atomic E-state index is 10.6. The van der Waals surface area contributed by atoms with E-state index >= 15 is 0 Å². The zero-order valence-corrected chi connectivity index (χ0v) is 15.1. The highest BCUT2D eigenvalue weighted by Crippen LogP contribution is 2.56. The second kappa shape index (κ2) is 7.02. The standard InChI is InChI=1S/C20H38O/c1-14-16(3)20(5,17(4)15(2)19(14)21)18-12-10-8-6-7-9-11-13-18/h14-19,21H,6-13H2,1-5H3. The van der Waals surface area contributed by atoms with E-state index in [0.29, 0.717) is 29.1 Å². The van der Waals surface area contributed by atoms with Crippen molar-refractivity contribution < 1.29 is 5.11 Å². The van der Waals surface area contributed by atoms with E-state index in [9.17, 15) is 5.11 Å². The van der Waals surface area contributed by atoms with Gasteiger partial charge in [-0.1, -0.05) is 73.1 Å². The van der Waals surface area contributed by atoms with Crippen molar-refractivity contribution in [2.45, 2.75) is 92.1 Å². The first-order valence-corrected chi connectivity index (χ1v) is 9.58. The minimum absolute atomic E-state index is 0.112. The molecule has 124 valence electrons. The molecule has 2 aliphatic rings. The molecule has 2 rings (SSSR count). The Hall–Kier alpha value is -0.0400. The number of rotatable bonds is 1. The van der Waals surface area contributed by atoms with Crippen LogP contribution in [0.3, 0.4) is 0 Å². The van der Waals surface area contributed by atoms with E-state index < -0.39 is 0 Å². The van der Waals surface area contributed by atoms with Crippen molar-refractivity contribution in [1.82, 2.24) is 0 Å². The Morgan fingerprint density at radius 1 is 0.714 bits per heavy atom. The van der Waals surface area contributed by atoms with Crippen LogP contribution in [0.2, 0.25) is 0 Å². The molecule has 4 unspecified atom stereocenters. The van der Waals surface area contributed by atoms with Gasteiger partial charge in [-0.15, -0.1) is 0 Å². The van der Waals surface area contributed by atoms with Crippen molar-refractivity contribution in [3.8, 4) is 0 Å². The minimum Gasteiger partial charge on any atom is -0.393 e. The monoisotopic (exact) mass is 294 g/mol. The molecule has 1 N–H and O–H groups in total. The Bertz CT molecular complexity index is 298. The Morgan fingerprint density at radius 2 is 1.10 bits per heavy atom. The maximum Gasteiger partial charge on any atom is 0.0596 e. The molecule has 0 spiro atoms. The second-order valence-corrected chi connectivity index (χ2v) is 8.55. The lowest BCUT2D eigenvalue weighted by atomic mass is 9.49. The summed E-state index contributed by atoms with van der Waals surface area (Å²) in [5, 5.41) is 10.6. The molecule has 0 aromatic rings. The molecule has 2 fully saturated rings. The largest absolute Gasteiger partial charge is 0.393 e. The van der Waals surface area contributed by atoms with Crippen LogP contribution in [0, 0.1) is 35.0 Å². The summed E-state index contributed by atoms with van der Waals surface area (Å²) in [6.07, 6.45) is 11.3. The quantitative estimate of drug-likeness (QED) is 0.661. The summed E-state index contributed by atoms with van der Waals surface area (Å²) in [5.74, 6) is 2.99. The summed E-state index contributed by atoms with van der Waals surface area (Å²) in [4.78, 5) is 0. The van der Waals surface area contributed by atoms with Crippen LogP contribution in [0.5, 0.6) is 0 Å². The fourth-order valence-electron chi connectivity index (χ4n) is 5.62. The van der Waals surface area contributed by atoms with Crippen LogP contribution in [-0.2, 0) is 0 Å². The van der Waals surface area contributed by atoms with E-state index in [1.807, 2.05) is 0 Å². The van der Waals surface area contributed by atoms with Gasteiger partial charge < -0.3 is 5.11 Å². The lowest BCUT2D eigenvalue weighted by Crippen LogP contribution is -2.54. The molecular weight excluding hydrogens is 256 g/mol. The smallest absolute Gasteiger partial charge is 0.0596 e. The maximum absolute atomic E-state index is 10.6. The molecule has 4 atom stereocenters. The Balaban J connectivity index is 2.23. The molecule has 0 bridgehead atoms. The molecule has 0 aromatic heterocycles. The summed E-state index contributed by atoms with van der Waals surface area (Å²) in [7, 11) is 0. The lowest BCUT2D eigenvalue weighted by Gasteiger charge is -2.57. The van der Waals surface area contributed by atoms with Gasteiger partial charge in [0.1, 0.15) is 0 Å². The molecule has 0 heterocycles. The number of aliphatic hydroxyl groups is 1. The van der Waals surface area contributed by atoms with Gasteiger partial charge in [0, 0.05) is 0 Å². The van der Waals surface area contributed by atoms with Gasteiger partial charge in [-0.2, -0.15) is 0 Å². The number of aliphatic hydroxyl groups excluding tert-OH is 1. The van der Waals surface area contributed by atoms with Gasteiger partial charge in [-0.05, 0) is 47.8 Å². The van der Waals surface area contributed by atoms with Gasteiger partial charge in [-0.25, -0.2) is 0 Å². The summed E-state index contributed by atoms with van der Waals surface area (Å²) in [5.41, 5.74) is 0.405. The molecule has 2 aliphatic carbocycles. The van der Waals surface area contributed by atoms with Crippen LogP contribution in [0.1, 0.15) is 86.0 Å². The second-order valence-electron chi connectivity index (χ2n) is 8.55.